The van der Waals surface area contributed by atoms with E-state index in [1.54, 1.807) is 12.2 Å². The van der Waals surface area contributed by atoms with Crippen LogP contribution in [0.4, 0.5) is 0 Å². The minimum atomic E-state index is -1.39. The monoisotopic (exact) mass is 700 g/mol. The van der Waals surface area contributed by atoms with Crippen LogP contribution in [0.3, 0.4) is 0 Å². The Labute approximate surface area is 306 Å². The van der Waals surface area contributed by atoms with Crippen LogP contribution in [-0.4, -0.2) is 181 Å². The fourth-order valence-electron chi connectivity index (χ4n) is 4.70. The number of rotatable bonds is 28. The first-order valence-corrected chi connectivity index (χ1v) is 15.2. The molecule has 16 nitrogen and oxygen atoms in total. The standard InChI is InChI=1S/2C15H26N2O6.Ca/c2*1-2-3-4-5-6-13(19)16-7-8-17(9-10-18,11-14(20)21)12-15(22)23;/h2*2,18H,1,3-12H2,(H2-,16,19,20,21,22,23);/q;;+2. The first-order chi connectivity index (χ1) is 21.7. The molecule has 2 atom stereocenters. The zero-order valence-electron chi connectivity index (χ0n) is 27.4. The number of hydrogen-bond donors (Lipinski definition) is 6. The average molecular weight is 701 g/mol. The van der Waals surface area contributed by atoms with Crippen LogP contribution >= 0.6 is 0 Å². The summed E-state index contributed by atoms with van der Waals surface area (Å²) in [5.41, 5.74) is 0. The number of aliphatic carboxylic acids is 4. The number of nitrogens with zero attached hydrogens (tertiary/aromatic N) is 2. The summed E-state index contributed by atoms with van der Waals surface area (Å²) in [6, 6.07) is 0. The zero-order valence-corrected chi connectivity index (χ0v) is 29.6. The van der Waals surface area contributed by atoms with E-state index in [9.17, 15) is 39.0 Å². The van der Waals surface area contributed by atoms with Crippen LogP contribution in [-0.2, 0) is 28.8 Å². The Bertz CT molecular complexity index is 873. The number of amides is 2. The Balaban J connectivity index is -0.000000807. The molecule has 0 aliphatic heterocycles. The van der Waals surface area contributed by atoms with Crippen LogP contribution in [0.2, 0.25) is 0 Å². The number of unbranched alkanes of at least 4 members (excludes halogenated alkanes) is 4. The Hall–Kier alpha value is -2.60. The van der Waals surface area contributed by atoms with Gasteiger partial charge in [0.1, 0.15) is 26.2 Å². The minimum absolute atomic E-state index is 0. The molecule has 0 aromatic carbocycles. The van der Waals surface area contributed by atoms with Crippen molar-refractivity contribution in [3.8, 4) is 0 Å². The molecule has 0 saturated carbocycles. The zero-order chi connectivity index (χ0) is 35.4. The Morgan fingerprint density at radius 2 is 0.936 bits per heavy atom. The molecular weight excluding hydrogens is 648 g/mol. The van der Waals surface area contributed by atoms with Gasteiger partial charge in [-0.1, -0.05) is 12.2 Å². The molecule has 0 aliphatic rings. The summed E-state index contributed by atoms with van der Waals surface area (Å²) in [5.74, 6) is -5.46. The summed E-state index contributed by atoms with van der Waals surface area (Å²) in [4.78, 5) is 67.0. The molecule has 0 heterocycles. The number of aliphatic hydroxyl groups is 2. The van der Waals surface area contributed by atoms with Gasteiger partial charge in [0.15, 0.2) is 13.1 Å². The van der Waals surface area contributed by atoms with Gasteiger partial charge < -0.3 is 59.8 Å². The molecule has 2 unspecified atom stereocenters. The van der Waals surface area contributed by atoms with Crippen molar-refractivity contribution >= 4 is 73.4 Å². The van der Waals surface area contributed by atoms with E-state index in [2.05, 4.69) is 23.8 Å². The van der Waals surface area contributed by atoms with Gasteiger partial charge in [0, 0.05) is 12.8 Å². The van der Waals surface area contributed by atoms with Crippen molar-refractivity contribution in [2.75, 3.05) is 78.7 Å². The van der Waals surface area contributed by atoms with Gasteiger partial charge in [-0.05, 0) is 38.5 Å². The molecule has 6 N–H and O–H groups in total. The summed E-state index contributed by atoms with van der Waals surface area (Å²) in [6.07, 6.45) is 9.14. The average Bonchev–Trinajstić information content (AvgIpc) is 2.92. The van der Waals surface area contributed by atoms with Gasteiger partial charge in [-0.2, -0.15) is 0 Å². The molecule has 0 saturated heterocycles. The van der Waals surface area contributed by atoms with Crippen LogP contribution in [0.15, 0.2) is 25.3 Å². The fourth-order valence-corrected chi connectivity index (χ4v) is 4.70. The normalized spacial score (nSPS) is 12.8. The van der Waals surface area contributed by atoms with E-state index in [1.165, 1.54) is 0 Å². The quantitative estimate of drug-likeness (QED) is 0.0202. The first-order valence-electron chi connectivity index (χ1n) is 15.2. The summed E-state index contributed by atoms with van der Waals surface area (Å²) in [5, 5.41) is 63.1. The molecule has 0 fully saturated rings. The number of allylic oxidation sites excluding steroid dienone is 2. The van der Waals surface area contributed by atoms with E-state index >= 15 is 0 Å². The van der Waals surface area contributed by atoms with Crippen LogP contribution in [0.5, 0.6) is 0 Å². The van der Waals surface area contributed by atoms with E-state index in [1.807, 2.05) is 0 Å². The largest absolute Gasteiger partial charge is 2.00 e. The van der Waals surface area contributed by atoms with Crippen LogP contribution in [0.1, 0.15) is 51.4 Å². The van der Waals surface area contributed by atoms with Crippen molar-refractivity contribution in [1.82, 2.24) is 10.6 Å². The predicted octanol–water partition coefficient (Wildman–Crippen LogP) is -3.40. The third kappa shape index (κ3) is 28.2. The number of quaternary nitrogens is 2. The third-order valence-electron chi connectivity index (χ3n) is 6.96. The molecule has 0 radical (unpaired) electrons. The number of carboxylic acids is 4. The predicted molar refractivity (Wildman–Crippen MR) is 168 cm³/mol. The molecule has 17 heteroatoms. The van der Waals surface area contributed by atoms with Gasteiger partial charge in [0.05, 0.1) is 51.3 Å². The summed E-state index contributed by atoms with van der Waals surface area (Å²) < 4.78 is -0.740. The van der Waals surface area contributed by atoms with Gasteiger partial charge in [0.2, 0.25) is 11.8 Å². The van der Waals surface area contributed by atoms with Gasteiger partial charge >= 0.3 is 49.7 Å². The molecule has 0 aliphatic carbocycles. The number of aliphatic hydroxyl groups excluding tert-OH is 2. The Morgan fingerprint density at radius 1 is 0.596 bits per heavy atom. The van der Waals surface area contributed by atoms with Gasteiger partial charge in [0.25, 0.3) is 0 Å². The minimum Gasteiger partial charge on any atom is -0.544 e. The molecule has 2 amide bonds. The molecular formula is C30H52CaN4O12+2. The smallest absolute Gasteiger partial charge is 0.544 e. The molecule has 0 aromatic heterocycles. The number of carbonyl (C=O) groups excluding carboxylic acids is 4. The fraction of sp³-hybridized carbons (Fsp3) is 0.667. The SMILES string of the molecule is C=CCCCCC(=O)NCC[N+](CCO)(CC(=O)[O-])CC(=O)O.C=CCCCCC(=O)NCC[N+](CCO)(CC(=O)[O-])CC(=O)O.[Ca+2]. The topological polar surface area (TPSA) is 254 Å². The Kier molecular flexibility index (Phi) is 30.7. The van der Waals surface area contributed by atoms with E-state index in [-0.39, 0.29) is 111 Å². The molecule has 0 bridgehead atoms. The second-order valence-corrected chi connectivity index (χ2v) is 11.0. The van der Waals surface area contributed by atoms with E-state index in [4.69, 9.17) is 20.4 Å². The molecule has 264 valence electrons. The number of hydrogen-bond acceptors (Lipinski definition) is 10. The van der Waals surface area contributed by atoms with Crippen LogP contribution in [0, 0.1) is 0 Å². The summed E-state index contributed by atoms with van der Waals surface area (Å²) in [7, 11) is 0. The van der Waals surface area contributed by atoms with Crippen molar-refractivity contribution in [1.29, 1.82) is 0 Å². The third-order valence-corrected chi connectivity index (χ3v) is 6.96. The van der Waals surface area contributed by atoms with Crippen LogP contribution < -0.4 is 20.8 Å². The number of carboxylic acid groups (broad SMARTS) is 4. The second-order valence-electron chi connectivity index (χ2n) is 11.0. The molecule has 0 aromatic rings. The molecule has 0 rings (SSSR count). The van der Waals surface area contributed by atoms with Crippen molar-refractivity contribution in [2.45, 2.75) is 51.4 Å². The molecule has 47 heavy (non-hydrogen) atoms. The second kappa shape index (κ2) is 29.5. The van der Waals surface area contributed by atoms with E-state index in [0.717, 1.165) is 38.5 Å². The van der Waals surface area contributed by atoms with Gasteiger partial charge in [-0.25, -0.2) is 9.59 Å². The maximum absolute atomic E-state index is 11.7. The summed E-state index contributed by atoms with van der Waals surface area (Å²) >= 11 is 0. The van der Waals surface area contributed by atoms with Crippen molar-refractivity contribution in [2.24, 2.45) is 0 Å². The number of nitrogens with one attached hydrogen (secondary N) is 2. The van der Waals surface area contributed by atoms with E-state index < -0.39 is 50.1 Å². The van der Waals surface area contributed by atoms with Gasteiger partial charge in [-0.15, -0.1) is 13.2 Å². The van der Waals surface area contributed by atoms with Gasteiger partial charge in [-0.3, -0.25) is 9.59 Å². The van der Waals surface area contributed by atoms with Crippen molar-refractivity contribution in [3.05, 3.63) is 25.3 Å². The summed E-state index contributed by atoms with van der Waals surface area (Å²) in [6.45, 7) is 4.93. The first kappa shape index (κ1) is 48.8. The maximum Gasteiger partial charge on any atom is 2.00 e. The number of carbonyl (C=O) groups is 6. The van der Waals surface area contributed by atoms with Crippen LogP contribution in [0.25, 0.3) is 0 Å². The molecule has 0 spiro atoms. The van der Waals surface area contributed by atoms with Crippen molar-refractivity contribution in [3.63, 3.8) is 0 Å². The van der Waals surface area contributed by atoms with E-state index in [0.29, 0.717) is 12.8 Å². The van der Waals surface area contributed by atoms with Crippen molar-refractivity contribution < 1.29 is 68.4 Å². The Morgan fingerprint density at radius 3 is 1.19 bits per heavy atom. The maximum atomic E-state index is 11.7.